The van der Waals surface area contributed by atoms with Gasteiger partial charge < -0.3 is 4.74 Å². The number of alkyl halides is 1. The first kappa shape index (κ1) is 15.2. The van der Waals surface area contributed by atoms with Crippen LogP contribution in [0.1, 0.15) is 32.3 Å². The van der Waals surface area contributed by atoms with Gasteiger partial charge in [-0.1, -0.05) is 6.07 Å². The Bertz CT molecular complexity index is 507. The van der Waals surface area contributed by atoms with Gasteiger partial charge >= 0.3 is 5.97 Å². The first-order valence-electron chi connectivity index (χ1n) is 6.08. The molecule has 0 saturated heterocycles. The van der Waals surface area contributed by atoms with Crippen LogP contribution in [0.4, 0.5) is 4.39 Å². The summed E-state index contributed by atoms with van der Waals surface area (Å²) in [7, 11) is 0. The summed E-state index contributed by atoms with van der Waals surface area (Å²) in [5, 5.41) is 0. The average molecular weight is 441 g/mol. The highest BCUT2D eigenvalue weighted by atomic mass is 127. The Balaban J connectivity index is 2.09. The van der Waals surface area contributed by atoms with E-state index in [1.54, 1.807) is 12.1 Å². The van der Waals surface area contributed by atoms with Gasteiger partial charge in [-0.2, -0.15) is 0 Å². The minimum Gasteiger partial charge on any atom is -0.449 e. The zero-order valence-electron chi connectivity index (χ0n) is 10.8. The van der Waals surface area contributed by atoms with Crippen LogP contribution in [0.5, 0.6) is 0 Å². The molecule has 0 heterocycles. The molecule has 0 unspecified atom stereocenters. The molecule has 0 atom stereocenters. The van der Waals surface area contributed by atoms with Gasteiger partial charge in [-0.05, 0) is 89.3 Å². The van der Waals surface area contributed by atoms with E-state index in [0.717, 1.165) is 18.4 Å². The lowest BCUT2D eigenvalue weighted by atomic mass is 9.96. The molecule has 2 rings (SSSR count). The SMILES string of the molecule is CC(C)(I)OC(=O)C1(Cc2ccc(F)c(Br)c2)CC1. The normalized spacial score (nSPS) is 17.1. The fourth-order valence-corrected chi connectivity index (χ4v) is 2.60. The minimum absolute atomic E-state index is 0.146. The third-order valence-corrected chi connectivity index (χ3v) is 3.98. The Morgan fingerprint density at radius 3 is 2.63 bits per heavy atom. The largest absolute Gasteiger partial charge is 0.449 e. The maximum Gasteiger partial charge on any atom is 0.313 e. The van der Waals surface area contributed by atoms with Crippen molar-refractivity contribution in [2.24, 2.45) is 5.41 Å². The molecule has 2 nitrogen and oxygen atoms in total. The zero-order chi connectivity index (χ0) is 14.3. The topological polar surface area (TPSA) is 26.3 Å². The van der Waals surface area contributed by atoms with Gasteiger partial charge in [0, 0.05) is 0 Å². The van der Waals surface area contributed by atoms with Crippen molar-refractivity contribution < 1.29 is 13.9 Å². The number of carbonyl (C=O) groups is 1. The van der Waals surface area contributed by atoms with E-state index in [0.29, 0.717) is 10.9 Å². The van der Waals surface area contributed by atoms with Gasteiger partial charge in [0.1, 0.15) is 5.82 Å². The summed E-state index contributed by atoms with van der Waals surface area (Å²) >= 11 is 5.27. The van der Waals surface area contributed by atoms with Crippen LogP contribution in [0, 0.1) is 11.2 Å². The summed E-state index contributed by atoms with van der Waals surface area (Å²) < 4.78 is 18.6. The summed E-state index contributed by atoms with van der Waals surface area (Å²) in [4.78, 5) is 12.2. The van der Waals surface area contributed by atoms with Crippen molar-refractivity contribution in [1.82, 2.24) is 0 Å². The van der Waals surface area contributed by atoms with Crippen molar-refractivity contribution in [1.29, 1.82) is 0 Å². The van der Waals surface area contributed by atoms with Gasteiger partial charge in [0.25, 0.3) is 0 Å². The summed E-state index contributed by atoms with van der Waals surface area (Å²) in [5.74, 6) is -0.433. The maximum absolute atomic E-state index is 13.2. The molecule has 1 saturated carbocycles. The molecular weight excluding hydrogens is 426 g/mol. The number of rotatable bonds is 4. The lowest BCUT2D eigenvalue weighted by molar-refractivity contribution is -0.155. The molecule has 0 aliphatic heterocycles. The van der Waals surface area contributed by atoms with E-state index in [2.05, 4.69) is 38.5 Å². The van der Waals surface area contributed by atoms with Gasteiger partial charge in [0.2, 0.25) is 0 Å². The standard InChI is InChI=1S/C14H15BrFIO2/c1-13(2,17)19-12(18)14(5-6-14)8-9-3-4-11(16)10(15)7-9/h3-4,7H,5-6,8H2,1-2H3. The first-order chi connectivity index (χ1) is 8.72. The zero-order valence-corrected chi connectivity index (χ0v) is 14.5. The van der Waals surface area contributed by atoms with Crippen LogP contribution in [0.3, 0.4) is 0 Å². The lowest BCUT2D eigenvalue weighted by Gasteiger charge is -2.22. The molecule has 1 aliphatic rings. The van der Waals surface area contributed by atoms with Crippen molar-refractivity contribution >= 4 is 44.5 Å². The van der Waals surface area contributed by atoms with Crippen molar-refractivity contribution in [3.05, 3.63) is 34.1 Å². The number of hydrogen-bond donors (Lipinski definition) is 0. The first-order valence-corrected chi connectivity index (χ1v) is 7.95. The van der Waals surface area contributed by atoms with Gasteiger partial charge in [-0.15, -0.1) is 0 Å². The van der Waals surface area contributed by atoms with E-state index >= 15 is 0 Å². The molecule has 1 aromatic rings. The Labute approximate surface area is 134 Å². The van der Waals surface area contributed by atoms with E-state index < -0.39 is 9.02 Å². The van der Waals surface area contributed by atoms with Gasteiger partial charge in [-0.3, -0.25) is 4.79 Å². The Morgan fingerprint density at radius 1 is 1.53 bits per heavy atom. The predicted octanol–water partition coefficient (Wildman–Crippen LogP) is 4.63. The van der Waals surface area contributed by atoms with E-state index in [4.69, 9.17) is 4.74 Å². The molecule has 1 aromatic carbocycles. The van der Waals surface area contributed by atoms with E-state index in [-0.39, 0.29) is 11.8 Å². The summed E-state index contributed by atoms with van der Waals surface area (Å²) in [6, 6.07) is 4.88. The second-order valence-corrected chi connectivity index (χ2v) is 8.91. The van der Waals surface area contributed by atoms with Crippen LogP contribution in [-0.2, 0) is 16.0 Å². The molecular formula is C14H15BrFIO2. The van der Waals surface area contributed by atoms with Crippen LogP contribution < -0.4 is 0 Å². The molecule has 0 aromatic heterocycles. The van der Waals surface area contributed by atoms with Crippen molar-refractivity contribution in [2.45, 2.75) is 36.7 Å². The second-order valence-electron chi connectivity index (χ2n) is 5.46. The van der Waals surface area contributed by atoms with Crippen LogP contribution >= 0.6 is 38.5 Å². The minimum atomic E-state index is -0.492. The number of carbonyl (C=O) groups excluding carboxylic acids is 1. The summed E-state index contributed by atoms with van der Waals surface area (Å²) in [6.45, 7) is 3.71. The van der Waals surface area contributed by atoms with Gasteiger partial charge in [0.05, 0.1) is 9.89 Å². The molecule has 5 heteroatoms. The number of halogens is 3. The number of benzene rings is 1. The molecule has 0 spiro atoms. The molecule has 19 heavy (non-hydrogen) atoms. The molecule has 1 fully saturated rings. The fraction of sp³-hybridized carbons (Fsp3) is 0.500. The molecule has 104 valence electrons. The Morgan fingerprint density at radius 2 is 2.16 bits per heavy atom. The van der Waals surface area contributed by atoms with Crippen LogP contribution in [0.25, 0.3) is 0 Å². The van der Waals surface area contributed by atoms with Crippen molar-refractivity contribution in [3.63, 3.8) is 0 Å². The quantitative estimate of drug-likeness (QED) is 0.387. The van der Waals surface area contributed by atoms with Crippen LogP contribution in [0.15, 0.2) is 22.7 Å². The molecule has 0 N–H and O–H groups in total. The number of esters is 1. The third kappa shape index (κ3) is 3.90. The average Bonchev–Trinajstić information content (AvgIpc) is 3.02. The Hall–Kier alpha value is -0.170. The fourth-order valence-electron chi connectivity index (χ4n) is 1.97. The highest BCUT2D eigenvalue weighted by Gasteiger charge is 2.52. The molecule has 0 amide bonds. The molecule has 1 aliphatic carbocycles. The highest BCUT2D eigenvalue weighted by Crippen LogP contribution is 2.50. The smallest absolute Gasteiger partial charge is 0.313 e. The number of ether oxygens (including phenoxy) is 1. The summed E-state index contributed by atoms with van der Waals surface area (Å²) in [6.07, 6.45) is 2.29. The van der Waals surface area contributed by atoms with E-state index in [1.807, 2.05) is 13.8 Å². The van der Waals surface area contributed by atoms with Crippen molar-refractivity contribution in [3.8, 4) is 0 Å². The van der Waals surface area contributed by atoms with Crippen LogP contribution in [-0.4, -0.2) is 9.58 Å². The predicted molar refractivity (Wildman–Crippen MR) is 83.7 cm³/mol. The lowest BCUT2D eigenvalue weighted by Crippen LogP contribution is -2.28. The molecule has 0 bridgehead atoms. The van der Waals surface area contributed by atoms with Gasteiger partial charge in [0.15, 0.2) is 3.61 Å². The van der Waals surface area contributed by atoms with Crippen molar-refractivity contribution in [2.75, 3.05) is 0 Å². The summed E-state index contributed by atoms with van der Waals surface area (Å²) in [5.41, 5.74) is 0.550. The Kier molecular flexibility index (Phi) is 4.26. The van der Waals surface area contributed by atoms with E-state index in [1.165, 1.54) is 6.07 Å². The van der Waals surface area contributed by atoms with Crippen LogP contribution in [0.2, 0.25) is 0 Å². The number of hydrogen-bond acceptors (Lipinski definition) is 2. The van der Waals surface area contributed by atoms with Gasteiger partial charge in [-0.25, -0.2) is 4.39 Å². The third-order valence-electron chi connectivity index (χ3n) is 3.15. The highest BCUT2D eigenvalue weighted by molar-refractivity contribution is 14.1. The second kappa shape index (κ2) is 5.31. The molecule has 0 radical (unpaired) electrons. The monoisotopic (exact) mass is 440 g/mol. The maximum atomic E-state index is 13.2. The van der Waals surface area contributed by atoms with E-state index in [9.17, 15) is 9.18 Å².